The minimum absolute atomic E-state index is 0.0595. The van der Waals surface area contributed by atoms with Crippen molar-refractivity contribution in [1.82, 2.24) is 0 Å². The number of nitrogens with one attached hydrogen (secondary N) is 1. The molecule has 0 aliphatic rings. The lowest BCUT2D eigenvalue weighted by molar-refractivity contribution is -0.385. The molecule has 2 aromatic carbocycles. The molecule has 3 aromatic rings. The molecule has 3 rings (SSSR count). The summed E-state index contributed by atoms with van der Waals surface area (Å²) in [5.41, 5.74) is 1.10. The number of benzene rings is 2. The Bertz CT molecular complexity index is 1080. The smallest absolute Gasteiger partial charge is 0.387 e. The highest BCUT2D eigenvalue weighted by molar-refractivity contribution is 7.14. The summed E-state index contributed by atoms with van der Waals surface area (Å²) in [6.07, 6.45) is 0. The number of rotatable bonds is 7. The van der Waals surface area contributed by atoms with Crippen molar-refractivity contribution in [3.63, 3.8) is 0 Å². The molecule has 7 nitrogen and oxygen atoms in total. The number of hydrogen-bond donors (Lipinski definition) is 1. The Morgan fingerprint density at radius 2 is 1.87 bits per heavy atom. The highest BCUT2D eigenvalue weighted by atomic mass is 32.1. The third-order valence-corrected chi connectivity index (χ3v) is 5.21. The van der Waals surface area contributed by atoms with Crippen LogP contribution in [0.1, 0.15) is 14.5 Å². The fraction of sp³-hybridized carbons (Fsp3) is 0.150. The number of carbonyl (C=O) groups excluding carboxylic acids is 1. The number of alkyl halides is 2. The Morgan fingerprint density at radius 1 is 1.17 bits per heavy atom. The van der Waals surface area contributed by atoms with E-state index in [-0.39, 0.29) is 16.3 Å². The number of thiophene rings is 1. The molecule has 10 heteroatoms. The first kappa shape index (κ1) is 21.2. The summed E-state index contributed by atoms with van der Waals surface area (Å²) in [6, 6.07) is 12.1. The van der Waals surface area contributed by atoms with Gasteiger partial charge in [0.2, 0.25) is 0 Å². The average molecular weight is 434 g/mol. The van der Waals surface area contributed by atoms with E-state index >= 15 is 0 Å². The van der Waals surface area contributed by atoms with Crippen LogP contribution in [0.25, 0.3) is 11.1 Å². The van der Waals surface area contributed by atoms with Gasteiger partial charge in [0, 0.05) is 17.3 Å². The van der Waals surface area contributed by atoms with Crippen LogP contribution >= 0.6 is 11.3 Å². The molecule has 0 aliphatic heterocycles. The predicted molar refractivity (Wildman–Crippen MR) is 109 cm³/mol. The van der Waals surface area contributed by atoms with E-state index in [1.54, 1.807) is 31.2 Å². The van der Waals surface area contributed by atoms with Gasteiger partial charge < -0.3 is 14.8 Å². The molecule has 0 spiro atoms. The van der Waals surface area contributed by atoms with Gasteiger partial charge in [0.1, 0.15) is 11.5 Å². The van der Waals surface area contributed by atoms with Crippen molar-refractivity contribution in [2.24, 2.45) is 0 Å². The van der Waals surface area contributed by atoms with E-state index < -0.39 is 17.4 Å². The van der Waals surface area contributed by atoms with Crippen molar-refractivity contribution in [3.8, 4) is 22.6 Å². The molecule has 0 radical (unpaired) electrons. The molecule has 0 fully saturated rings. The zero-order chi connectivity index (χ0) is 21.8. The fourth-order valence-electron chi connectivity index (χ4n) is 2.76. The van der Waals surface area contributed by atoms with Crippen molar-refractivity contribution in [1.29, 1.82) is 0 Å². The molecule has 1 aromatic heterocycles. The number of anilines is 1. The second-order valence-corrected chi connectivity index (χ2v) is 7.34. The number of aryl methyl sites for hydroxylation is 1. The number of hydrogen-bond acceptors (Lipinski definition) is 6. The molecular formula is C20H16F2N2O5S. The minimum Gasteiger partial charge on any atom is -0.497 e. The second kappa shape index (κ2) is 8.87. The Labute approximate surface area is 174 Å². The standard InChI is InChI=1S/C20H16F2N2O5S/c1-11-16(24(26)27)10-18(30-11)19(25)23-13-5-8-17(29-20(21)22)15(9-13)12-3-6-14(28-2)7-4-12/h3-10,20H,1-2H3,(H,23,25). The maximum absolute atomic E-state index is 12.8. The molecule has 156 valence electrons. The van der Waals surface area contributed by atoms with E-state index in [4.69, 9.17) is 4.74 Å². The summed E-state index contributed by atoms with van der Waals surface area (Å²) < 4.78 is 35.3. The normalized spacial score (nSPS) is 10.7. The van der Waals surface area contributed by atoms with Gasteiger partial charge in [-0.1, -0.05) is 12.1 Å². The molecule has 1 heterocycles. The number of carbonyl (C=O) groups is 1. The highest BCUT2D eigenvalue weighted by Gasteiger charge is 2.20. The highest BCUT2D eigenvalue weighted by Crippen LogP contribution is 2.35. The van der Waals surface area contributed by atoms with E-state index in [1.807, 2.05) is 0 Å². The summed E-state index contributed by atoms with van der Waals surface area (Å²) in [4.78, 5) is 23.5. The van der Waals surface area contributed by atoms with Crippen molar-refractivity contribution in [2.75, 3.05) is 12.4 Å². The third-order valence-electron chi connectivity index (χ3n) is 4.17. The molecule has 1 amide bonds. The Kier molecular flexibility index (Phi) is 6.26. The van der Waals surface area contributed by atoms with Gasteiger partial charge in [-0.3, -0.25) is 14.9 Å². The van der Waals surface area contributed by atoms with Crippen LogP contribution in [-0.4, -0.2) is 24.6 Å². The maximum atomic E-state index is 12.8. The summed E-state index contributed by atoms with van der Waals surface area (Å²) in [5, 5.41) is 13.6. The zero-order valence-electron chi connectivity index (χ0n) is 15.8. The van der Waals surface area contributed by atoms with Crippen molar-refractivity contribution < 1.29 is 28.0 Å². The lowest BCUT2D eigenvalue weighted by Gasteiger charge is -2.14. The molecule has 0 saturated heterocycles. The van der Waals surface area contributed by atoms with Crippen molar-refractivity contribution in [2.45, 2.75) is 13.5 Å². The fourth-order valence-corrected chi connectivity index (χ4v) is 3.64. The summed E-state index contributed by atoms with van der Waals surface area (Å²) in [6.45, 7) is -1.46. The van der Waals surface area contributed by atoms with Gasteiger partial charge in [-0.05, 0) is 42.8 Å². The number of amides is 1. The average Bonchev–Trinajstić information content (AvgIpc) is 3.11. The van der Waals surface area contributed by atoms with Crippen LogP contribution in [0.4, 0.5) is 20.2 Å². The second-order valence-electron chi connectivity index (χ2n) is 6.08. The van der Waals surface area contributed by atoms with Crippen molar-refractivity contribution >= 4 is 28.6 Å². The Morgan fingerprint density at radius 3 is 2.43 bits per heavy atom. The van der Waals surface area contributed by atoms with Gasteiger partial charge in [-0.15, -0.1) is 11.3 Å². The Hall–Kier alpha value is -3.53. The predicted octanol–water partition coefficient (Wildman–Crippen LogP) is 5.49. The largest absolute Gasteiger partial charge is 0.497 e. The van der Waals surface area contributed by atoms with Crippen LogP contribution in [0.15, 0.2) is 48.5 Å². The zero-order valence-corrected chi connectivity index (χ0v) is 16.7. The van der Waals surface area contributed by atoms with Gasteiger partial charge in [0.15, 0.2) is 0 Å². The SMILES string of the molecule is COc1ccc(-c2cc(NC(=O)c3cc([N+](=O)[O-])c(C)s3)ccc2OC(F)F)cc1. The molecule has 0 saturated carbocycles. The van der Waals surface area contributed by atoms with E-state index in [0.717, 1.165) is 11.3 Å². The first-order chi connectivity index (χ1) is 14.3. The molecule has 30 heavy (non-hydrogen) atoms. The number of methoxy groups -OCH3 is 1. The monoisotopic (exact) mass is 434 g/mol. The quantitative estimate of drug-likeness (QED) is 0.392. The van der Waals surface area contributed by atoms with Gasteiger partial charge in [0.05, 0.1) is 21.8 Å². The van der Waals surface area contributed by atoms with Crippen LogP contribution in [0.5, 0.6) is 11.5 Å². The van der Waals surface area contributed by atoms with Gasteiger partial charge in [0.25, 0.3) is 11.6 Å². The van der Waals surface area contributed by atoms with Crippen LogP contribution in [0.3, 0.4) is 0 Å². The Balaban J connectivity index is 1.92. The number of nitrogens with zero attached hydrogens (tertiary/aromatic N) is 1. The summed E-state index contributed by atoms with van der Waals surface area (Å²) in [7, 11) is 1.51. The first-order valence-electron chi connectivity index (χ1n) is 8.58. The third kappa shape index (κ3) is 4.71. The summed E-state index contributed by atoms with van der Waals surface area (Å²) >= 11 is 0.995. The van der Waals surface area contributed by atoms with Crippen molar-refractivity contribution in [3.05, 3.63) is 68.4 Å². The van der Waals surface area contributed by atoms with E-state index in [0.29, 0.717) is 27.4 Å². The molecule has 1 N–H and O–H groups in total. The molecule has 0 bridgehead atoms. The van der Waals surface area contributed by atoms with Crippen LogP contribution < -0.4 is 14.8 Å². The number of nitro groups is 1. The maximum Gasteiger partial charge on any atom is 0.387 e. The molecular weight excluding hydrogens is 418 g/mol. The first-order valence-corrected chi connectivity index (χ1v) is 9.39. The van der Waals surface area contributed by atoms with Crippen LogP contribution in [-0.2, 0) is 0 Å². The molecule has 0 unspecified atom stereocenters. The van der Waals surface area contributed by atoms with E-state index in [2.05, 4.69) is 10.1 Å². The molecule has 0 atom stereocenters. The van der Waals surface area contributed by atoms with Gasteiger partial charge in [-0.2, -0.15) is 8.78 Å². The van der Waals surface area contributed by atoms with Gasteiger partial charge >= 0.3 is 6.61 Å². The number of ether oxygens (including phenoxy) is 2. The molecule has 0 aliphatic carbocycles. The van der Waals surface area contributed by atoms with Crippen LogP contribution in [0.2, 0.25) is 0 Å². The minimum atomic E-state index is -3.02. The topological polar surface area (TPSA) is 90.7 Å². The van der Waals surface area contributed by atoms with E-state index in [1.165, 1.54) is 31.4 Å². The summed E-state index contributed by atoms with van der Waals surface area (Å²) in [5.74, 6) is -0.00984. The van der Waals surface area contributed by atoms with Gasteiger partial charge in [-0.25, -0.2) is 0 Å². The van der Waals surface area contributed by atoms with E-state index in [9.17, 15) is 23.7 Å². The lowest BCUT2D eigenvalue weighted by atomic mass is 10.0. The number of halogens is 2. The lowest BCUT2D eigenvalue weighted by Crippen LogP contribution is -2.10. The van der Waals surface area contributed by atoms with Crippen LogP contribution in [0, 0.1) is 17.0 Å².